The lowest BCUT2D eigenvalue weighted by atomic mass is 10.1. The molecule has 2 aromatic carbocycles. The number of benzene rings is 2. The van der Waals surface area contributed by atoms with Gasteiger partial charge >= 0.3 is 6.03 Å². The lowest BCUT2D eigenvalue weighted by Gasteiger charge is -2.29. The highest BCUT2D eigenvalue weighted by Gasteiger charge is 2.23. The number of nitrogens with one attached hydrogen (secondary N) is 1. The fourth-order valence-corrected chi connectivity index (χ4v) is 2.25. The van der Waals surface area contributed by atoms with E-state index in [0.717, 1.165) is 17.7 Å². The Labute approximate surface area is 139 Å². The van der Waals surface area contributed by atoms with Crippen LogP contribution in [0, 0.1) is 11.6 Å². The van der Waals surface area contributed by atoms with E-state index < -0.39 is 23.3 Å². The van der Waals surface area contributed by atoms with E-state index in [1.165, 1.54) is 11.0 Å². The van der Waals surface area contributed by atoms with E-state index in [1.807, 2.05) is 30.3 Å². The quantitative estimate of drug-likeness (QED) is 0.874. The van der Waals surface area contributed by atoms with Crippen LogP contribution in [0.15, 0.2) is 48.5 Å². The van der Waals surface area contributed by atoms with Crippen LogP contribution < -0.4 is 5.32 Å². The topological polar surface area (TPSA) is 52.6 Å². The second-order valence-electron chi connectivity index (χ2n) is 6.21. The second kappa shape index (κ2) is 7.40. The zero-order valence-corrected chi connectivity index (χ0v) is 13.6. The highest BCUT2D eigenvalue weighted by Crippen LogP contribution is 2.16. The molecule has 24 heavy (non-hydrogen) atoms. The summed E-state index contributed by atoms with van der Waals surface area (Å²) in [5.41, 5.74) is -0.0601. The number of nitrogens with zero attached hydrogens (tertiary/aromatic N) is 1. The third-order valence-corrected chi connectivity index (χ3v) is 3.25. The maximum atomic E-state index is 13.3. The molecule has 0 saturated heterocycles. The zero-order chi connectivity index (χ0) is 17.7. The number of amides is 2. The average Bonchev–Trinajstić information content (AvgIpc) is 2.50. The number of carbonyl (C=O) groups is 1. The molecule has 0 aromatic heterocycles. The standard InChI is InChI=1S/C18H20F2N2O2/c1-18(2,24)12-22(11-13-6-4-3-5-7-13)17(23)21-14-8-9-15(19)16(20)10-14/h3-10,24H,11-12H2,1-2H3,(H,21,23). The lowest BCUT2D eigenvalue weighted by Crippen LogP contribution is -2.43. The van der Waals surface area contributed by atoms with Crippen LogP contribution in [0.4, 0.5) is 19.3 Å². The molecular weight excluding hydrogens is 314 g/mol. The smallest absolute Gasteiger partial charge is 0.322 e. The Bertz CT molecular complexity index is 700. The molecule has 2 rings (SSSR count). The van der Waals surface area contributed by atoms with Crippen molar-refractivity contribution in [2.75, 3.05) is 11.9 Å². The minimum absolute atomic E-state index is 0.0808. The summed E-state index contributed by atoms with van der Waals surface area (Å²) in [6, 6.07) is 11.9. The normalized spacial score (nSPS) is 11.2. The van der Waals surface area contributed by atoms with Crippen LogP contribution in [-0.2, 0) is 6.54 Å². The molecule has 2 amide bonds. The molecule has 0 saturated carbocycles. The summed E-state index contributed by atoms with van der Waals surface area (Å²) in [6.45, 7) is 3.55. The van der Waals surface area contributed by atoms with Crippen LogP contribution in [0.25, 0.3) is 0 Å². The van der Waals surface area contributed by atoms with Gasteiger partial charge in [-0.25, -0.2) is 13.6 Å². The fourth-order valence-electron chi connectivity index (χ4n) is 2.25. The van der Waals surface area contributed by atoms with Gasteiger partial charge < -0.3 is 15.3 Å². The first-order valence-corrected chi connectivity index (χ1v) is 7.52. The molecule has 2 N–H and O–H groups in total. The summed E-state index contributed by atoms with van der Waals surface area (Å²) in [5.74, 6) is -2.02. The predicted octanol–water partition coefficient (Wildman–Crippen LogP) is 3.77. The predicted molar refractivity (Wildman–Crippen MR) is 88.5 cm³/mol. The summed E-state index contributed by atoms with van der Waals surface area (Å²) >= 11 is 0. The van der Waals surface area contributed by atoms with Crippen LogP contribution in [0.5, 0.6) is 0 Å². The van der Waals surface area contributed by atoms with Gasteiger partial charge in [0.2, 0.25) is 0 Å². The Kier molecular flexibility index (Phi) is 5.51. The monoisotopic (exact) mass is 334 g/mol. The number of carbonyl (C=O) groups excluding carboxylic acids is 1. The van der Waals surface area contributed by atoms with Crippen LogP contribution in [0.3, 0.4) is 0 Å². The van der Waals surface area contributed by atoms with Crippen LogP contribution in [0.2, 0.25) is 0 Å². The Morgan fingerprint density at radius 1 is 1.12 bits per heavy atom. The van der Waals surface area contributed by atoms with Crippen LogP contribution >= 0.6 is 0 Å². The number of anilines is 1. The molecule has 0 atom stereocenters. The Morgan fingerprint density at radius 2 is 1.79 bits per heavy atom. The third kappa shape index (κ3) is 5.31. The summed E-state index contributed by atoms with van der Waals surface area (Å²) in [5, 5.41) is 12.6. The first-order chi connectivity index (χ1) is 11.2. The number of hydrogen-bond acceptors (Lipinski definition) is 2. The van der Waals surface area contributed by atoms with Gasteiger partial charge in [-0.3, -0.25) is 0 Å². The average molecular weight is 334 g/mol. The van der Waals surface area contributed by atoms with Gasteiger partial charge in [0.1, 0.15) is 0 Å². The summed E-state index contributed by atoms with van der Waals surface area (Å²) in [6.07, 6.45) is 0. The molecule has 4 nitrogen and oxygen atoms in total. The minimum Gasteiger partial charge on any atom is -0.389 e. The number of aliphatic hydroxyl groups is 1. The number of hydrogen-bond donors (Lipinski definition) is 2. The van der Waals surface area contributed by atoms with Crippen LogP contribution in [-0.4, -0.2) is 28.2 Å². The van der Waals surface area contributed by atoms with Crippen molar-refractivity contribution in [3.8, 4) is 0 Å². The van der Waals surface area contributed by atoms with Crippen molar-refractivity contribution in [3.63, 3.8) is 0 Å². The number of urea groups is 1. The zero-order valence-electron chi connectivity index (χ0n) is 13.6. The maximum Gasteiger partial charge on any atom is 0.322 e. The van der Waals surface area contributed by atoms with Crippen molar-refractivity contribution in [3.05, 3.63) is 65.7 Å². The summed E-state index contributed by atoms with van der Waals surface area (Å²) in [4.78, 5) is 13.9. The highest BCUT2D eigenvalue weighted by atomic mass is 19.2. The molecule has 0 unspecified atom stereocenters. The second-order valence-corrected chi connectivity index (χ2v) is 6.21. The molecule has 0 aliphatic rings. The number of rotatable bonds is 5. The summed E-state index contributed by atoms with van der Waals surface area (Å²) in [7, 11) is 0. The fraction of sp³-hybridized carbons (Fsp3) is 0.278. The van der Waals surface area contributed by atoms with Crippen LogP contribution in [0.1, 0.15) is 19.4 Å². The van der Waals surface area contributed by atoms with Crippen molar-refractivity contribution in [1.82, 2.24) is 4.90 Å². The van der Waals surface area contributed by atoms with Crippen molar-refractivity contribution in [2.24, 2.45) is 0 Å². The van der Waals surface area contributed by atoms with Crippen molar-refractivity contribution in [1.29, 1.82) is 0 Å². The van der Waals surface area contributed by atoms with Gasteiger partial charge in [-0.15, -0.1) is 0 Å². The molecule has 128 valence electrons. The molecular formula is C18H20F2N2O2. The molecule has 0 fully saturated rings. The SMILES string of the molecule is CC(C)(O)CN(Cc1ccccc1)C(=O)Nc1ccc(F)c(F)c1. The summed E-state index contributed by atoms with van der Waals surface area (Å²) < 4.78 is 26.2. The van der Waals surface area contributed by atoms with E-state index >= 15 is 0 Å². The van der Waals surface area contributed by atoms with Gasteiger partial charge in [-0.2, -0.15) is 0 Å². The largest absolute Gasteiger partial charge is 0.389 e. The van der Waals surface area contributed by atoms with Gasteiger partial charge in [0.05, 0.1) is 12.1 Å². The Balaban J connectivity index is 2.15. The lowest BCUT2D eigenvalue weighted by molar-refractivity contribution is 0.0469. The Morgan fingerprint density at radius 3 is 2.38 bits per heavy atom. The van der Waals surface area contributed by atoms with E-state index in [-0.39, 0.29) is 18.8 Å². The van der Waals surface area contributed by atoms with Gasteiger partial charge in [-0.1, -0.05) is 30.3 Å². The third-order valence-electron chi connectivity index (χ3n) is 3.25. The van der Waals surface area contributed by atoms with E-state index in [0.29, 0.717) is 0 Å². The molecule has 0 bridgehead atoms. The van der Waals surface area contributed by atoms with E-state index in [9.17, 15) is 18.7 Å². The molecule has 0 aliphatic carbocycles. The van der Waals surface area contributed by atoms with E-state index in [4.69, 9.17) is 0 Å². The first-order valence-electron chi connectivity index (χ1n) is 7.52. The van der Waals surface area contributed by atoms with Crippen molar-refractivity contribution < 1.29 is 18.7 Å². The molecule has 2 aromatic rings. The van der Waals surface area contributed by atoms with Crippen molar-refractivity contribution >= 4 is 11.7 Å². The molecule has 0 radical (unpaired) electrons. The van der Waals surface area contributed by atoms with Crippen molar-refractivity contribution in [2.45, 2.75) is 26.0 Å². The Hall–Kier alpha value is -2.47. The first kappa shape index (κ1) is 17.9. The van der Waals surface area contributed by atoms with Gasteiger partial charge in [-0.05, 0) is 31.5 Å². The molecule has 0 aliphatic heterocycles. The number of halogens is 2. The van der Waals surface area contributed by atoms with Gasteiger partial charge in [0.15, 0.2) is 11.6 Å². The minimum atomic E-state index is -1.10. The van der Waals surface area contributed by atoms with E-state index in [2.05, 4.69) is 5.32 Å². The molecule has 6 heteroatoms. The molecule has 0 spiro atoms. The van der Waals surface area contributed by atoms with Gasteiger partial charge in [0, 0.05) is 18.3 Å². The highest BCUT2D eigenvalue weighted by molar-refractivity contribution is 5.89. The maximum absolute atomic E-state index is 13.3. The molecule has 0 heterocycles. The van der Waals surface area contributed by atoms with Gasteiger partial charge in [0.25, 0.3) is 0 Å². The van der Waals surface area contributed by atoms with E-state index in [1.54, 1.807) is 13.8 Å².